The van der Waals surface area contributed by atoms with E-state index >= 15 is 0 Å². The Balaban J connectivity index is 0.00000338. The first-order valence-electron chi connectivity index (χ1n) is 8.56. The zero-order valence-corrected chi connectivity index (χ0v) is 18.3. The number of benzene rings is 1. The molecule has 1 aliphatic rings. The molecule has 0 aliphatic heterocycles. The van der Waals surface area contributed by atoms with Gasteiger partial charge in [0.2, 0.25) is 0 Å². The van der Waals surface area contributed by atoms with Crippen LogP contribution >= 0.6 is 24.0 Å². The van der Waals surface area contributed by atoms with E-state index in [4.69, 9.17) is 10.00 Å². The first-order chi connectivity index (χ1) is 11.8. The molecule has 2 unspecified atom stereocenters. The van der Waals surface area contributed by atoms with E-state index in [0.717, 1.165) is 6.42 Å². The molecule has 5 nitrogen and oxygen atoms in total. The van der Waals surface area contributed by atoms with Crippen LogP contribution in [0.2, 0.25) is 0 Å². The highest BCUT2D eigenvalue weighted by atomic mass is 127. The maximum atomic E-state index is 13.9. The molecule has 0 radical (unpaired) electrons. The average molecular weight is 474 g/mol. The van der Waals surface area contributed by atoms with E-state index in [2.05, 4.69) is 36.4 Å². The van der Waals surface area contributed by atoms with Gasteiger partial charge in [-0.15, -0.1) is 24.0 Å². The Hall–Kier alpha value is -1.40. The largest absolute Gasteiger partial charge is 0.378 e. The lowest BCUT2D eigenvalue weighted by atomic mass is 9.56. The number of nitriles is 1. The van der Waals surface area contributed by atoms with Crippen LogP contribution in [0.1, 0.15) is 45.2 Å². The zero-order valence-electron chi connectivity index (χ0n) is 16.0. The Morgan fingerprint density at radius 3 is 2.65 bits per heavy atom. The van der Waals surface area contributed by atoms with Gasteiger partial charge in [-0.2, -0.15) is 5.26 Å². The van der Waals surface area contributed by atoms with E-state index in [1.807, 2.05) is 13.0 Å². The van der Waals surface area contributed by atoms with Gasteiger partial charge in [0.25, 0.3) is 0 Å². The monoisotopic (exact) mass is 474 g/mol. The summed E-state index contributed by atoms with van der Waals surface area (Å²) < 4.78 is 19.6. The van der Waals surface area contributed by atoms with Crippen molar-refractivity contribution in [2.45, 2.75) is 52.3 Å². The van der Waals surface area contributed by atoms with Gasteiger partial charge in [0.05, 0.1) is 23.8 Å². The summed E-state index contributed by atoms with van der Waals surface area (Å²) in [7, 11) is 1.74. The van der Waals surface area contributed by atoms with Crippen LogP contribution in [0.5, 0.6) is 0 Å². The first kappa shape index (κ1) is 22.6. The molecule has 0 heterocycles. The third-order valence-electron chi connectivity index (χ3n) is 5.52. The zero-order chi connectivity index (χ0) is 18.7. The number of hydrogen-bond acceptors (Lipinski definition) is 3. The molecule has 0 amide bonds. The van der Waals surface area contributed by atoms with Gasteiger partial charge in [0.15, 0.2) is 5.96 Å². The van der Waals surface area contributed by atoms with Gasteiger partial charge in [0, 0.05) is 30.7 Å². The molecule has 1 aliphatic carbocycles. The Morgan fingerprint density at radius 2 is 2.12 bits per heavy atom. The molecule has 0 bridgehead atoms. The van der Waals surface area contributed by atoms with Crippen molar-refractivity contribution < 1.29 is 9.13 Å². The quantitative estimate of drug-likeness (QED) is 0.389. The van der Waals surface area contributed by atoms with Crippen LogP contribution in [0.25, 0.3) is 0 Å². The molecule has 26 heavy (non-hydrogen) atoms. The highest BCUT2D eigenvalue weighted by Gasteiger charge is 2.58. The van der Waals surface area contributed by atoms with Gasteiger partial charge >= 0.3 is 0 Å². The highest BCUT2D eigenvalue weighted by Crippen LogP contribution is 2.51. The molecule has 144 valence electrons. The van der Waals surface area contributed by atoms with Crippen molar-refractivity contribution in [2.24, 2.45) is 10.4 Å². The van der Waals surface area contributed by atoms with Gasteiger partial charge in [-0.25, -0.2) is 9.38 Å². The van der Waals surface area contributed by atoms with Crippen molar-refractivity contribution >= 4 is 29.9 Å². The minimum absolute atomic E-state index is 0. The van der Waals surface area contributed by atoms with E-state index in [1.165, 1.54) is 18.2 Å². The molecular formula is C19H28FIN4O. The molecule has 1 fully saturated rings. The lowest BCUT2D eigenvalue weighted by Gasteiger charge is -2.59. The number of ether oxygens (including phenoxy) is 1. The number of nitrogens with zero attached hydrogens (tertiary/aromatic N) is 2. The fraction of sp³-hybridized carbons (Fsp3) is 0.579. The second kappa shape index (κ2) is 9.00. The number of methoxy groups -OCH3 is 1. The van der Waals surface area contributed by atoms with Crippen molar-refractivity contribution in [1.29, 1.82) is 5.26 Å². The summed E-state index contributed by atoms with van der Waals surface area (Å²) in [6.07, 6.45) is 0.874. The van der Waals surface area contributed by atoms with Crippen LogP contribution in [0.3, 0.4) is 0 Å². The molecule has 2 atom stereocenters. The highest BCUT2D eigenvalue weighted by molar-refractivity contribution is 14.0. The van der Waals surface area contributed by atoms with E-state index in [9.17, 15) is 4.39 Å². The summed E-state index contributed by atoms with van der Waals surface area (Å²) >= 11 is 0. The van der Waals surface area contributed by atoms with Crippen LogP contribution in [-0.4, -0.2) is 31.3 Å². The van der Waals surface area contributed by atoms with Crippen LogP contribution in [0.4, 0.5) is 4.39 Å². The van der Waals surface area contributed by atoms with Crippen LogP contribution in [-0.2, 0) is 11.3 Å². The number of hydrogen-bond donors (Lipinski definition) is 2. The smallest absolute Gasteiger partial charge is 0.191 e. The summed E-state index contributed by atoms with van der Waals surface area (Å²) in [5.74, 6) is 0.287. The lowest BCUT2D eigenvalue weighted by molar-refractivity contribution is -0.176. The van der Waals surface area contributed by atoms with Crippen molar-refractivity contribution in [3.8, 4) is 6.07 Å². The third kappa shape index (κ3) is 4.46. The molecule has 0 spiro atoms. The second-order valence-corrected chi connectivity index (χ2v) is 7.17. The number of aliphatic imine (C=N–C) groups is 1. The molecule has 7 heteroatoms. The first-order valence-corrected chi connectivity index (χ1v) is 8.56. The molecule has 2 N–H and O–H groups in total. The predicted molar refractivity (Wildman–Crippen MR) is 112 cm³/mol. The van der Waals surface area contributed by atoms with Crippen LogP contribution in [0.15, 0.2) is 23.2 Å². The van der Waals surface area contributed by atoms with E-state index in [0.29, 0.717) is 23.6 Å². The summed E-state index contributed by atoms with van der Waals surface area (Å²) in [6.45, 7) is 9.30. The van der Waals surface area contributed by atoms with Crippen LogP contribution in [0, 0.1) is 22.6 Å². The predicted octanol–water partition coefficient (Wildman–Crippen LogP) is 3.57. The fourth-order valence-corrected chi connectivity index (χ4v) is 3.14. The van der Waals surface area contributed by atoms with Gasteiger partial charge in [-0.3, -0.25) is 0 Å². The average Bonchev–Trinajstić information content (AvgIpc) is 2.60. The minimum Gasteiger partial charge on any atom is -0.378 e. The van der Waals surface area contributed by atoms with Crippen molar-refractivity contribution in [3.05, 3.63) is 35.1 Å². The Morgan fingerprint density at radius 1 is 1.42 bits per heavy atom. The Kier molecular flexibility index (Phi) is 7.84. The number of halogens is 2. The number of nitrogens with one attached hydrogen (secondary N) is 2. The number of guanidine groups is 1. The van der Waals surface area contributed by atoms with Crippen LogP contribution < -0.4 is 10.6 Å². The second-order valence-electron chi connectivity index (χ2n) is 7.17. The van der Waals surface area contributed by atoms with E-state index < -0.39 is 0 Å². The Bertz CT molecular complexity index is 701. The van der Waals surface area contributed by atoms with E-state index in [1.54, 1.807) is 7.11 Å². The normalized spacial score (nSPS) is 24.0. The van der Waals surface area contributed by atoms with Gasteiger partial charge in [-0.1, -0.05) is 13.8 Å². The molecule has 1 aromatic carbocycles. The molecule has 1 saturated carbocycles. The molecule has 0 aromatic heterocycles. The third-order valence-corrected chi connectivity index (χ3v) is 5.52. The maximum absolute atomic E-state index is 13.9. The van der Waals surface area contributed by atoms with Gasteiger partial charge in [0.1, 0.15) is 5.82 Å². The van der Waals surface area contributed by atoms with Gasteiger partial charge < -0.3 is 15.4 Å². The SMILES string of the molecule is CCNC(=NCc1cc(C#N)ccc1F)NC1CC(C)(OC)C1(C)C.I. The van der Waals surface area contributed by atoms with E-state index in [-0.39, 0.29) is 53.4 Å². The molecular weight excluding hydrogens is 446 g/mol. The molecule has 0 saturated heterocycles. The van der Waals surface area contributed by atoms with Crippen molar-refractivity contribution in [3.63, 3.8) is 0 Å². The Labute approximate surface area is 172 Å². The fourth-order valence-electron chi connectivity index (χ4n) is 3.14. The molecule has 2 rings (SSSR count). The summed E-state index contributed by atoms with van der Waals surface area (Å²) in [4.78, 5) is 4.49. The standard InChI is InChI=1S/C19H27FN4O.HI/c1-6-22-17(24-16-10-19(4,25-5)18(16,2)3)23-12-14-9-13(11-21)7-8-15(14)20;/h7-9,16H,6,10,12H2,1-5H3,(H2,22,23,24);1H. The summed E-state index contributed by atoms with van der Waals surface area (Å²) in [5.41, 5.74) is 0.616. The lowest BCUT2D eigenvalue weighted by Crippen LogP contribution is -2.69. The van der Waals surface area contributed by atoms with Gasteiger partial charge in [-0.05, 0) is 38.5 Å². The van der Waals surface area contributed by atoms with Crippen molar-refractivity contribution in [2.75, 3.05) is 13.7 Å². The summed E-state index contributed by atoms with van der Waals surface area (Å²) in [5, 5.41) is 15.6. The molecule has 1 aromatic rings. The topological polar surface area (TPSA) is 69.4 Å². The van der Waals surface area contributed by atoms with Crippen molar-refractivity contribution in [1.82, 2.24) is 10.6 Å². The summed E-state index contributed by atoms with van der Waals surface area (Å²) in [6, 6.07) is 6.55. The number of rotatable bonds is 5. The maximum Gasteiger partial charge on any atom is 0.191 e. The minimum atomic E-state index is -0.352.